The van der Waals surface area contributed by atoms with Crippen LogP contribution in [0.2, 0.25) is 0 Å². The molecular weight excluding hydrogens is 282 g/mol. The molecule has 0 atom stereocenters. The van der Waals surface area contributed by atoms with Gasteiger partial charge in [0.15, 0.2) is 0 Å². The van der Waals surface area contributed by atoms with Gasteiger partial charge in [-0.15, -0.1) is 0 Å². The van der Waals surface area contributed by atoms with Crippen LogP contribution >= 0.6 is 0 Å². The van der Waals surface area contributed by atoms with E-state index < -0.39 is 5.97 Å². The largest absolute Gasteiger partial charge is 0.481 e. The number of carboxylic acid groups (broad SMARTS) is 1. The van der Waals surface area contributed by atoms with E-state index in [2.05, 4.69) is 5.10 Å². The monoisotopic (exact) mass is 299 g/mol. The Kier molecular flexibility index (Phi) is 3.91. The van der Waals surface area contributed by atoms with Crippen molar-refractivity contribution in [2.75, 3.05) is 13.1 Å². The molecule has 2 heterocycles. The van der Waals surface area contributed by atoms with Gasteiger partial charge in [0.2, 0.25) is 0 Å². The van der Waals surface area contributed by atoms with Crippen LogP contribution < -0.4 is 0 Å². The number of likely N-dealkylation sites (tertiary alicyclic amines) is 1. The number of aliphatic carboxylic acids is 1. The topological polar surface area (TPSA) is 75.4 Å². The molecule has 0 aliphatic carbocycles. The number of nitrogens with zero attached hydrogens (tertiary/aromatic N) is 3. The zero-order valence-electron chi connectivity index (χ0n) is 12.1. The molecule has 0 saturated carbocycles. The molecule has 1 aromatic heterocycles. The summed E-state index contributed by atoms with van der Waals surface area (Å²) in [6.07, 6.45) is 4.47. The summed E-state index contributed by atoms with van der Waals surface area (Å²) in [5.41, 5.74) is 1.32. The van der Waals surface area contributed by atoms with E-state index in [1.54, 1.807) is 34.1 Å². The van der Waals surface area contributed by atoms with Gasteiger partial charge in [-0.1, -0.05) is 12.1 Å². The zero-order chi connectivity index (χ0) is 15.5. The van der Waals surface area contributed by atoms with Crippen molar-refractivity contribution in [3.8, 4) is 5.69 Å². The van der Waals surface area contributed by atoms with Crippen molar-refractivity contribution >= 4 is 11.9 Å². The molecule has 114 valence electrons. The van der Waals surface area contributed by atoms with Crippen molar-refractivity contribution in [3.05, 3.63) is 48.3 Å². The molecule has 1 saturated heterocycles. The summed E-state index contributed by atoms with van der Waals surface area (Å²) in [5.74, 6) is -1.19. The molecule has 1 N–H and O–H groups in total. The average molecular weight is 299 g/mol. The second-order valence-electron chi connectivity index (χ2n) is 5.37. The maximum absolute atomic E-state index is 12.7. The number of benzene rings is 1. The molecule has 2 aromatic rings. The first kappa shape index (κ1) is 14.3. The predicted molar refractivity (Wildman–Crippen MR) is 79.8 cm³/mol. The molecule has 1 aliphatic rings. The molecule has 1 aromatic carbocycles. The highest BCUT2D eigenvalue weighted by Crippen LogP contribution is 2.21. The van der Waals surface area contributed by atoms with Crippen LogP contribution in [0.3, 0.4) is 0 Å². The normalized spacial score (nSPS) is 15.7. The first-order chi connectivity index (χ1) is 10.7. The van der Waals surface area contributed by atoms with Crippen LogP contribution in [0.4, 0.5) is 0 Å². The van der Waals surface area contributed by atoms with Gasteiger partial charge in [0.25, 0.3) is 5.91 Å². The predicted octanol–water partition coefficient (Wildman–Crippen LogP) is 1.81. The first-order valence-corrected chi connectivity index (χ1v) is 7.28. The Labute approximate surface area is 128 Å². The van der Waals surface area contributed by atoms with Crippen LogP contribution in [0.15, 0.2) is 42.7 Å². The van der Waals surface area contributed by atoms with Crippen LogP contribution in [0.25, 0.3) is 5.69 Å². The van der Waals surface area contributed by atoms with E-state index in [1.165, 1.54) is 0 Å². The third-order valence-corrected chi connectivity index (χ3v) is 4.02. The molecule has 22 heavy (non-hydrogen) atoms. The number of carbonyl (C=O) groups excluding carboxylic acids is 1. The molecule has 0 unspecified atom stereocenters. The highest BCUT2D eigenvalue weighted by atomic mass is 16.4. The van der Waals surface area contributed by atoms with Crippen molar-refractivity contribution < 1.29 is 14.7 Å². The Morgan fingerprint density at radius 1 is 1.14 bits per heavy atom. The summed E-state index contributed by atoms with van der Waals surface area (Å²) in [6.45, 7) is 0.951. The first-order valence-electron chi connectivity index (χ1n) is 7.28. The lowest BCUT2D eigenvalue weighted by Crippen LogP contribution is -2.40. The lowest BCUT2D eigenvalue weighted by Gasteiger charge is -2.30. The summed E-state index contributed by atoms with van der Waals surface area (Å²) in [5, 5.41) is 13.2. The maximum atomic E-state index is 12.7. The Hall–Kier alpha value is -2.63. The van der Waals surface area contributed by atoms with Gasteiger partial charge in [0.1, 0.15) is 0 Å². The van der Waals surface area contributed by atoms with Gasteiger partial charge in [-0.2, -0.15) is 5.10 Å². The van der Waals surface area contributed by atoms with Crippen LogP contribution in [-0.4, -0.2) is 44.8 Å². The third-order valence-electron chi connectivity index (χ3n) is 4.02. The molecule has 6 heteroatoms. The van der Waals surface area contributed by atoms with Gasteiger partial charge >= 0.3 is 5.97 Å². The minimum atomic E-state index is -0.774. The van der Waals surface area contributed by atoms with Crippen LogP contribution in [0.5, 0.6) is 0 Å². The lowest BCUT2D eigenvalue weighted by atomic mass is 9.96. The number of piperidine rings is 1. The van der Waals surface area contributed by atoms with E-state index in [9.17, 15) is 9.59 Å². The summed E-state index contributed by atoms with van der Waals surface area (Å²) in [4.78, 5) is 25.4. The van der Waals surface area contributed by atoms with Gasteiger partial charge in [0, 0.05) is 25.5 Å². The Morgan fingerprint density at radius 2 is 1.86 bits per heavy atom. The van der Waals surface area contributed by atoms with E-state index in [-0.39, 0.29) is 11.8 Å². The number of carboxylic acids is 1. The van der Waals surface area contributed by atoms with E-state index >= 15 is 0 Å². The minimum absolute atomic E-state index is 0.0741. The molecule has 3 rings (SSSR count). The Balaban J connectivity index is 1.81. The molecule has 0 spiro atoms. The highest BCUT2D eigenvalue weighted by Gasteiger charge is 2.28. The second-order valence-corrected chi connectivity index (χ2v) is 5.37. The second kappa shape index (κ2) is 6.01. The van der Waals surface area contributed by atoms with Crippen molar-refractivity contribution in [1.82, 2.24) is 14.7 Å². The summed E-state index contributed by atoms with van der Waals surface area (Å²) in [7, 11) is 0. The zero-order valence-corrected chi connectivity index (χ0v) is 12.1. The Morgan fingerprint density at radius 3 is 2.50 bits per heavy atom. The van der Waals surface area contributed by atoms with E-state index in [1.807, 2.05) is 18.2 Å². The van der Waals surface area contributed by atoms with E-state index in [0.717, 1.165) is 5.69 Å². The molecule has 1 aliphatic heterocycles. The molecule has 1 amide bonds. The number of hydrogen-bond acceptors (Lipinski definition) is 3. The molecule has 0 bridgehead atoms. The van der Waals surface area contributed by atoms with E-state index in [0.29, 0.717) is 31.5 Å². The van der Waals surface area contributed by atoms with Crippen molar-refractivity contribution in [3.63, 3.8) is 0 Å². The maximum Gasteiger partial charge on any atom is 0.306 e. The van der Waals surface area contributed by atoms with Crippen molar-refractivity contribution in [2.45, 2.75) is 12.8 Å². The molecule has 1 fully saturated rings. The van der Waals surface area contributed by atoms with Gasteiger partial charge in [-0.05, 0) is 31.0 Å². The number of amides is 1. The summed E-state index contributed by atoms with van der Waals surface area (Å²) in [6, 6.07) is 9.13. The Bertz CT molecular complexity index is 674. The number of carbonyl (C=O) groups is 2. The fourth-order valence-electron chi connectivity index (χ4n) is 2.77. The number of aromatic nitrogens is 2. The van der Waals surface area contributed by atoms with E-state index in [4.69, 9.17) is 5.11 Å². The minimum Gasteiger partial charge on any atom is -0.481 e. The average Bonchev–Trinajstić information content (AvgIpc) is 3.08. The molecule has 6 nitrogen and oxygen atoms in total. The van der Waals surface area contributed by atoms with Gasteiger partial charge in [-0.25, -0.2) is 4.68 Å². The molecule has 0 radical (unpaired) electrons. The fourth-order valence-corrected chi connectivity index (χ4v) is 2.77. The van der Waals surface area contributed by atoms with Gasteiger partial charge in [-0.3, -0.25) is 9.59 Å². The summed E-state index contributed by atoms with van der Waals surface area (Å²) >= 11 is 0. The standard InChI is InChI=1S/C16H17N3O3/c20-15(18-10-6-12(7-11-18)16(21)22)13-4-1-2-5-14(13)19-9-3-8-17-19/h1-5,8-9,12H,6-7,10-11H2,(H,21,22). The number of rotatable bonds is 3. The summed E-state index contributed by atoms with van der Waals surface area (Å²) < 4.78 is 1.66. The highest BCUT2D eigenvalue weighted by molar-refractivity contribution is 5.97. The molecular formula is C16H17N3O3. The van der Waals surface area contributed by atoms with Crippen LogP contribution in [0, 0.1) is 5.92 Å². The third kappa shape index (κ3) is 2.72. The van der Waals surface area contributed by atoms with Crippen LogP contribution in [-0.2, 0) is 4.79 Å². The smallest absolute Gasteiger partial charge is 0.306 e. The van der Waals surface area contributed by atoms with Crippen LogP contribution in [0.1, 0.15) is 23.2 Å². The van der Waals surface area contributed by atoms with Gasteiger partial charge < -0.3 is 10.0 Å². The van der Waals surface area contributed by atoms with Crippen molar-refractivity contribution in [1.29, 1.82) is 0 Å². The van der Waals surface area contributed by atoms with Crippen molar-refractivity contribution in [2.24, 2.45) is 5.92 Å². The fraction of sp³-hybridized carbons (Fsp3) is 0.312. The number of hydrogen-bond donors (Lipinski definition) is 1. The quantitative estimate of drug-likeness (QED) is 0.938. The SMILES string of the molecule is O=C(O)C1CCN(C(=O)c2ccccc2-n2cccn2)CC1. The number of para-hydroxylation sites is 1. The van der Waals surface area contributed by atoms with Gasteiger partial charge in [0.05, 0.1) is 17.2 Å². The lowest BCUT2D eigenvalue weighted by molar-refractivity contribution is -0.143.